The van der Waals surface area contributed by atoms with Crippen LogP contribution in [0, 0.1) is 29.1 Å². The van der Waals surface area contributed by atoms with Gasteiger partial charge in [0, 0.05) is 43.1 Å². The van der Waals surface area contributed by atoms with Gasteiger partial charge >= 0.3 is 0 Å². The molecule has 1 aliphatic heterocycles. The molecule has 0 radical (unpaired) electrons. The molecule has 13 heteroatoms. The molecule has 1 aliphatic rings. The minimum atomic E-state index is -2.18. The van der Waals surface area contributed by atoms with Gasteiger partial charge in [-0.3, -0.25) is 10.1 Å². The van der Waals surface area contributed by atoms with Gasteiger partial charge in [-0.1, -0.05) is 0 Å². The highest BCUT2D eigenvalue weighted by Gasteiger charge is 2.30. The van der Waals surface area contributed by atoms with Crippen LogP contribution >= 0.6 is 28.1 Å². The second-order valence-corrected chi connectivity index (χ2v) is 9.46. The van der Waals surface area contributed by atoms with Crippen LogP contribution in [0.1, 0.15) is 10.4 Å². The van der Waals surface area contributed by atoms with Crippen LogP contribution in [0.4, 0.5) is 39.0 Å². The van der Waals surface area contributed by atoms with E-state index in [1.165, 1.54) is 7.11 Å². The van der Waals surface area contributed by atoms with Gasteiger partial charge in [0.25, 0.3) is 5.91 Å². The van der Waals surface area contributed by atoms with Crippen molar-refractivity contribution in [3.8, 4) is 5.75 Å². The number of hydrogen-bond donors (Lipinski definition) is 2. The summed E-state index contributed by atoms with van der Waals surface area (Å²) in [7, 11) is 1.52. The molecule has 1 amide bonds. The Bertz CT molecular complexity index is 1360. The molecule has 0 aliphatic carbocycles. The zero-order valence-corrected chi connectivity index (χ0v) is 22.2. The Balaban J connectivity index is 1.34. The molecule has 1 heterocycles. The number of thiocarbonyl (C=S) groups is 1. The first-order valence-corrected chi connectivity index (χ1v) is 12.4. The topological polar surface area (TPSA) is 56.8 Å². The smallest absolute Gasteiger partial charge is 0.257 e. The Kier molecular flexibility index (Phi) is 8.36. The van der Waals surface area contributed by atoms with Gasteiger partial charge in [-0.15, -0.1) is 0 Å². The molecular formula is C25H20BrF5N4O2S. The molecular weight excluding hydrogens is 595 g/mol. The van der Waals surface area contributed by atoms with Crippen LogP contribution in [0.25, 0.3) is 0 Å². The lowest BCUT2D eigenvalue weighted by Gasteiger charge is -2.37. The first-order chi connectivity index (χ1) is 18.1. The van der Waals surface area contributed by atoms with Crippen LogP contribution in [0.2, 0.25) is 0 Å². The molecule has 0 unspecified atom stereocenters. The number of halogens is 6. The molecule has 0 spiro atoms. The van der Waals surface area contributed by atoms with Gasteiger partial charge in [-0.25, -0.2) is 22.0 Å². The molecule has 3 aromatic carbocycles. The Morgan fingerprint density at radius 2 is 1.42 bits per heavy atom. The molecule has 0 bridgehead atoms. The number of methoxy groups -OCH3 is 1. The Morgan fingerprint density at radius 3 is 1.97 bits per heavy atom. The molecule has 200 valence electrons. The predicted molar refractivity (Wildman–Crippen MR) is 141 cm³/mol. The van der Waals surface area contributed by atoms with E-state index in [-0.39, 0.29) is 31.3 Å². The fraction of sp³-hybridized carbons (Fsp3) is 0.200. The number of benzene rings is 3. The molecule has 0 aromatic heterocycles. The molecule has 0 atom stereocenters. The van der Waals surface area contributed by atoms with Crippen LogP contribution in [0.15, 0.2) is 46.9 Å². The van der Waals surface area contributed by atoms with Crippen LogP contribution in [0.3, 0.4) is 0 Å². The zero-order valence-electron chi connectivity index (χ0n) is 19.8. The van der Waals surface area contributed by atoms with Crippen molar-refractivity contribution in [2.75, 3.05) is 48.4 Å². The lowest BCUT2D eigenvalue weighted by molar-refractivity contribution is 0.0977. The summed E-state index contributed by atoms with van der Waals surface area (Å²) >= 11 is 8.55. The van der Waals surface area contributed by atoms with Crippen LogP contribution in [0.5, 0.6) is 5.75 Å². The Hall–Kier alpha value is -3.45. The third-order valence-electron chi connectivity index (χ3n) is 5.91. The highest BCUT2D eigenvalue weighted by molar-refractivity contribution is 9.10. The number of anilines is 3. The van der Waals surface area contributed by atoms with E-state index in [2.05, 4.69) is 26.6 Å². The summed E-state index contributed by atoms with van der Waals surface area (Å²) in [6.07, 6.45) is 0. The van der Waals surface area contributed by atoms with Crippen molar-refractivity contribution in [3.63, 3.8) is 0 Å². The summed E-state index contributed by atoms with van der Waals surface area (Å²) in [6.45, 7) is 0.683. The molecule has 38 heavy (non-hydrogen) atoms. The van der Waals surface area contributed by atoms with Gasteiger partial charge < -0.3 is 19.9 Å². The molecule has 0 saturated carbocycles. The van der Waals surface area contributed by atoms with E-state index in [9.17, 15) is 26.7 Å². The van der Waals surface area contributed by atoms with Gasteiger partial charge in [0.15, 0.2) is 28.4 Å². The summed E-state index contributed by atoms with van der Waals surface area (Å²) < 4.78 is 74.6. The fourth-order valence-electron chi connectivity index (χ4n) is 3.96. The van der Waals surface area contributed by atoms with Crippen molar-refractivity contribution in [2.45, 2.75) is 0 Å². The number of carbonyl (C=O) groups is 1. The molecule has 3 aromatic rings. The minimum absolute atomic E-state index is 0.0515. The molecule has 6 nitrogen and oxygen atoms in total. The van der Waals surface area contributed by atoms with Crippen molar-refractivity contribution < 1.29 is 31.5 Å². The largest absolute Gasteiger partial charge is 0.496 e. The monoisotopic (exact) mass is 614 g/mol. The van der Waals surface area contributed by atoms with E-state index < -0.39 is 40.7 Å². The van der Waals surface area contributed by atoms with E-state index in [1.54, 1.807) is 42.5 Å². The number of nitrogens with one attached hydrogen (secondary N) is 2. The second kappa shape index (κ2) is 11.5. The van der Waals surface area contributed by atoms with Gasteiger partial charge in [0.1, 0.15) is 11.4 Å². The highest BCUT2D eigenvalue weighted by Crippen LogP contribution is 2.31. The normalized spacial score (nSPS) is 13.3. The maximum absolute atomic E-state index is 14.2. The number of nitrogens with zero attached hydrogens (tertiary/aromatic N) is 2. The standard InChI is InChI=1S/C25H20BrF5N4O2S/c1-37-17-7-2-13(12-16(17)26)24(36)33-25(38)32-14-3-5-15(6-4-14)34-8-10-35(11-9-34)23-21(30)19(28)18(27)20(29)22(23)31/h2-7,12H,8-11H2,1H3,(H2,32,33,36,38). The van der Waals surface area contributed by atoms with Crippen molar-refractivity contribution >= 4 is 56.2 Å². The van der Waals surface area contributed by atoms with Crippen LogP contribution in [-0.4, -0.2) is 44.3 Å². The van der Waals surface area contributed by atoms with Crippen LogP contribution in [-0.2, 0) is 0 Å². The van der Waals surface area contributed by atoms with E-state index >= 15 is 0 Å². The number of rotatable bonds is 5. The number of piperazine rings is 1. The summed E-state index contributed by atoms with van der Waals surface area (Å²) in [5.41, 5.74) is 0.848. The predicted octanol–water partition coefficient (Wildman–Crippen LogP) is 5.61. The molecule has 1 saturated heterocycles. The van der Waals surface area contributed by atoms with E-state index in [0.29, 0.717) is 21.5 Å². The van der Waals surface area contributed by atoms with E-state index in [1.807, 2.05) is 4.90 Å². The quantitative estimate of drug-likeness (QED) is 0.169. The van der Waals surface area contributed by atoms with Crippen LogP contribution < -0.4 is 25.2 Å². The summed E-state index contributed by atoms with van der Waals surface area (Å²) in [5.74, 6) is -9.61. The summed E-state index contributed by atoms with van der Waals surface area (Å²) in [6, 6.07) is 11.9. The molecule has 1 fully saturated rings. The second-order valence-electron chi connectivity index (χ2n) is 8.20. The zero-order chi connectivity index (χ0) is 27.6. The fourth-order valence-corrected chi connectivity index (χ4v) is 4.71. The van der Waals surface area contributed by atoms with Crippen molar-refractivity contribution in [2.24, 2.45) is 0 Å². The van der Waals surface area contributed by atoms with Gasteiger partial charge in [-0.05, 0) is 70.6 Å². The number of carbonyl (C=O) groups excluding carboxylic acids is 1. The first kappa shape index (κ1) is 27.6. The van der Waals surface area contributed by atoms with E-state index in [0.717, 1.165) is 10.6 Å². The summed E-state index contributed by atoms with van der Waals surface area (Å²) in [5, 5.41) is 5.60. The Morgan fingerprint density at radius 1 is 0.868 bits per heavy atom. The lowest BCUT2D eigenvalue weighted by atomic mass is 10.2. The maximum atomic E-state index is 14.2. The summed E-state index contributed by atoms with van der Waals surface area (Å²) in [4.78, 5) is 15.5. The first-order valence-electron chi connectivity index (χ1n) is 11.2. The number of amides is 1. The SMILES string of the molecule is COc1ccc(C(=O)NC(=S)Nc2ccc(N3CCN(c4c(F)c(F)c(F)c(F)c4F)CC3)cc2)cc1Br. The van der Waals surface area contributed by atoms with Crippen molar-refractivity contribution in [1.82, 2.24) is 5.32 Å². The average molecular weight is 615 g/mol. The molecule has 2 N–H and O–H groups in total. The number of ether oxygens (including phenoxy) is 1. The third kappa shape index (κ3) is 5.68. The van der Waals surface area contributed by atoms with Crippen molar-refractivity contribution in [1.29, 1.82) is 0 Å². The Labute approximate surface area is 228 Å². The molecule has 4 rings (SSSR count). The van der Waals surface area contributed by atoms with Gasteiger partial charge in [-0.2, -0.15) is 0 Å². The maximum Gasteiger partial charge on any atom is 0.257 e. The highest BCUT2D eigenvalue weighted by atomic mass is 79.9. The lowest BCUT2D eigenvalue weighted by Crippen LogP contribution is -2.47. The average Bonchev–Trinajstić information content (AvgIpc) is 2.91. The van der Waals surface area contributed by atoms with Gasteiger partial charge in [0.05, 0.1) is 11.6 Å². The minimum Gasteiger partial charge on any atom is -0.496 e. The number of hydrogen-bond acceptors (Lipinski definition) is 5. The van der Waals surface area contributed by atoms with E-state index in [4.69, 9.17) is 17.0 Å². The van der Waals surface area contributed by atoms with Crippen molar-refractivity contribution in [3.05, 3.63) is 81.6 Å². The van der Waals surface area contributed by atoms with Gasteiger partial charge in [0.2, 0.25) is 5.82 Å². The third-order valence-corrected chi connectivity index (χ3v) is 6.74.